The van der Waals surface area contributed by atoms with Gasteiger partial charge >= 0.3 is 11.5 Å². The highest BCUT2D eigenvalue weighted by atomic mass is 35.5. The molecule has 10 heavy (non-hydrogen) atoms. The third-order valence-corrected chi connectivity index (χ3v) is 2.44. The molecule has 0 bridgehead atoms. The highest BCUT2D eigenvalue weighted by Crippen LogP contribution is 2.34. The molecule has 1 heterocycles. The van der Waals surface area contributed by atoms with Crippen LogP contribution in [0.5, 0.6) is 0 Å². The van der Waals surface area contributed by atoms with E-state index < -0.39 is 0 Å². The molecule has 0 saturated carbocycles. The molecule has 0 radical (unpaired) electrons. The average molecular weight is 219 g/mol. The van der Waals surface area contributed by atoms with E-state index in [-0.39, 0.29) is 20.3 Å². The number of hydrogen-bond acceptors (Lipinski definition) is 0. The lowest BCUT2D eigenvalue weighted by atomic mass is 10.5. The summed E-state index contributed by atoms with van der Waals surface area (Å²) in [6, 6.07) is 0. The third kappa shape index (κ3) is 1.48. The lowest BCUT2D eigenvalue weighted by Gasteiger charge is -1.88. The molecule has 0 amide bonds. The summed E-state index contributed by atoms with van der Waals surface area (Å²) in [6.07, 6.45) is 1.22. The van der Waals surface area contributed by atoms with E-state index in [0.29, 0.717) is 0 Å². The SMILES string of the molecule is Clc1c[o+]c(Cl)c(Cl)c1Cl. The van der Waals surface area contributed by atoms with Gasteiger partial charge in [-0.1, -0.05) is 34.8 Å². The lowest BCUT2D eigenvalue weighted by Crippen LogP contribution is -1.71. The molecule has 0 spiro atoms. The number of hydrogen-bond donors (Lipinski definition) is 0. The van der Waals surface area contributed by atoms with E-state index in [1.807, 2.05) is 0 Å². The van der Waals surface area contributed by atoms with Crippen molar-refractivity contribution in [2.75, 3.05) is 0 Å². The molecule has 0 N–H and O–H groups in total. The van der Waals surface area contributed by atoms with Gasteiger partial charge in [-0.2, -0.15) is 4.42 Å². The van der Waals surface area contributed by atoms with E-state index in [1.54, 1.807) is 0 Å². The highest BCUT2D eigenvalue weighted by Gasteiger charge is 2.17. The number of rotatable bonds is 0. The molecule has 0 aliphatic carbocycles. The summed E-state index contributed by atoms with van der Waals surface area (Å²) in [5, 5.41) is 0.627. The summed E-state index contributed by atoms with van der Waals surface area (Å²) in [5.74, 6) is 0. The van der Waals surface area contributed by atoms with Crippen LogP contribution in [-0.4, -0.2) is 0 Å². The van der Waals surface area contributed by atoms with Crippen LogP contribution in [0.3, 0.4) is 0 Å². The van der Waals surface area contributed by atoms with Crippen LogP contribution in [0.4, 0.5) is 0 Å². The Balaban J connectivity index is 3.34. The Kier molecular flexibility index (Phi) is 2.64. The van der Waals surface area contributed by atoms with Crippen LogP contribution >= 0.6 is 46.4 Å². The Bertz CT molecular complexity index is 233. The molecule has 0 saturated heterocycles. The topological polar surface area (TPSA) is 11.3 Å². The Labute approximate surface area is 77.4 Å². The normalized spacial score (nSPS) is 10.0. The second kappa shape index (κ2) is 3.14. The fraction of sp³-hybridized carbons (Fsp3) is 0. The smallest absolute Gasteiger partial charge is 0.200 e. The summed E-state index contributed by atoms with van der Waals surface area (Å²) < 4.78 is 4.69. The Morgan fingerprint density at radius 1 is 1.00 bits per heavy atom. The molecule has 54 valence electrons. The minimum Gasteiger partial charge on any atom is -0.200 e. The monoisotopic (exact) mass is 217 g/mol. The zero-order valence-electron chi connectivity index (χ0n) is 4.50. The first kappa shape index (κ1) is 8.41. The first-order valence-electron chi connectivity index (χ1n) is 2.23. The van der Waals surface area contributed by atoms with Gasteiger partial charge in [0.1, 0.15) is 0 Å². The molecule has 0 aromatic carbocycles. The van der Waals surface area contributed by atoms with Gasteiger partial charge in [-0.15, -0.1) is 0 Å². The van der Waals surface area contributed by atoms with Crippen LogP contribution in [0.2, 0.25) is 20.3 Å². The molecule has 0 aliphatic heterocycles. The van der Waals surface area contributed by atoms with Gasteiger partial charge in [0.05, 0.1) is 5.02 Å². The molecule has 0 aliphatic rings. The van der Waals surface area contributed by atoms with Crippen molar-refractivity contribution in [3.05, 3.63) is 26.6 Å². The summed E-state index contributed by atoms with van der Waals surface area (Å²) in [7, 11) is 0. The van der Waals surface area contributed by atoms with Gasteiger partial charge in [0.2, 0.25) is 0 Å². The Morgan fingerprint density at radius 2 is 1.60 bits per heavy atom. The maximum Gasteiger partial charge on any atom is 0.442 e. The van der Waals surface area contributed by atoms with Gasteiger partial charge in [-0.05, 0) is 0 Å². The third-order valence-electron chi connectivity index (χ3n) is 0.841. The zero-order chi connectivity index (χ0) is 7.72. The standard InChI is InChI=1S/C5HCl4O/c6-2-1-10-5(9)4(8)3(2)7/h1H/q+1. The zero-order valence-corrected chi connectivity index (χ0v) is 7.52. The van der Waals surface area contributed by atoms with E-state index in [4.69, 9.17) is 46.4 Å². The molecular weight excluding hydrogens is 218 g/mol. The molecule has 0 unspecified atom stereocenters. The molecule has 1 rings (SSSR count). The van der Waals surface area contributed by atoms with Crippen molar-refractivity contribution in [3.8, 4) is 0 Å². The van der Waals surface area contributed by atoms with Gasteiger partial charge in [0.25, 0.3) is 0 Å². The first-order valence-corrected chi connectivity index (χ1v) is 3.75. The number of halogens is 4. The molecule has 1 nitrogen and oxygen atoms in total. The van der Waals surface area contributed by atoms with E-state index in [1.165, 1.54) is 6.26 Å². The van der Waals surface area contributed by atoms with Gasteiger partial charge in [-0.3, -0.25) is 0 Å². The van der Waals surface area contributed by atoms with Gasteiger partial charge < -0.3 is 0 Å². The minimum atomic E-state index is 0.0380. The van der Waals surface area contributed by atoms with Crippen molar-refractivity contribution in [3.63, 3.8) is 0 Å². The summed E-state index contributed by atoms with van der Waals surface area (Å²) in [5.41, 5.74) is 0. The summed E-state index contributed by atoms with van der Waals surface area (Å²) in [4.78, 5) is 0. The second-order valence-electron chi connectivity index (χ2n) is 1.49. The summed E-state index contributed by atoms with van der Waals surface area (Å²) in [6.45, 7) is 0. The minimum absolute atomic E-state index is 0.0380. The van der Waals surface area contributed by atoms with E-state index in [9.17, 15) is 0 Å². The van der Waals surface area contributed by atoms with Crippen molar-refractivity contribution in [1.29, 1.82) is 0 Å². The fourth-order valence-corrected chi connectivity index (χ4v) is 1.05. The van der Waals surface area contributed by atoms with Crippen LogP contribution in [0, 0.1) is 0 Å². The van der Waals surface area contributed by atoms with E-state index >= 15 is 0 Å². The van der Waals surface area contributed by atoms with Gasteiger partial charge in [0, 0.05) is 11.6 Å². The van der Waals surface area contributed by atoms with Crippen molar-refractivity contribution < 1.29 is 4.42 Å². The van der Waals surface area contributed by atoms with Crippen molar-refractivity contribution in [2.24, 2.45) is 0 Å². The van der Waals surface area contributed by atoms with Crippen LogP contribution in [-0.2, 0) is 0 Å². The maximum absolute atomic E-state index is 5.57. The second-order valence-corrected chi connectivity index (χ2v) is 2.99. The summed E-state index contributed by atoms with van der Waals surface area (Å²) >= 11 is 22.1. The van der Waals surface area contributed by atoms with Crippen LogP contribution in [0.15, 0.2) is 10.7 Å². The van der Waals surface area contributed by atoms with E-state index in [2.05, 4.69) is 4.42 Å². The van der Waals surface area contributed by atoms with Crippen molar-refractivity contribution >= 4 is 46.4 Å². The fourth-order valence-electron chi connectivity index (χ4n) is 0.398. The van der Waals surface area contributed by atoms with Crippen molar-refractivity contribution in [1.82, 2.24) is 0 Å². The molecule has 1 aromatic rings. The molecule has 5 heteroatoms. The highest BCUT2D eigenvalue weighted by molar-refractivity contribution is 6.50. The predicted octanol–water partition coefficient (Wildman–Crippen LogP) is 4.17. The van der Waals surface area contributed by atoms with E-state index in [0.717, 1.165) is 0 Å². The van der Waals surface area contributed by atoms with Gasteiger partial charge in [-0.25, -0.2) is 0 Å². The van der Waals surface area contributed by atoms with Crippen LogP contribution in [0.25, 0.3) is 0 Å². The largest absolute Gasteiger partial charge is 0.442 e. The average Bonchev–Trinajstić information content (AvgIpc) is 1.93. The maximum atomic E-state index is 5.57. The molecular formula is C5HCl4O+. The molecule has 0 atom stereocenters. The Hall–Kier alpha value is 0.310. The molecule has 0 fully saturated rings. The van der Waals surface area contributed by atoms with Crippen molar-refractivity contribution in [2.45, 2.75) is 0 Å². The van der Waals surface area contributed by atoms with Crippen LogP contribution in [0.1, 0.15) is 0 Å². The first-order chi connectivity index (χ1) is 4.63. The lowest BCUT2D eigenvalue weighted by molar-refractivity contribution is 0.553. The Morgan fingerprint density at radius 3 is 2.10 bits per heavy atom. The predicted molar refractivity (Wildman–Crippen MR) is 43.2 cm³/mol. The van der Waals surface area contributed by atoms with Crippen LogP contribution < -0.4 is 0 Å². The quantitative estimate of drug-likeness (QED) is 0.595. The molecule has 1 aromatic heterocycles. The van der Waals surface area contributed by atoms with Gasteiger partial charge in [0.15, 0.2) is 10.0 Å².